The SMILES string of the molecule is CC(C)Oc1c(OC2CC2)cccc1C(=O)O. The maximum atomic E-state index is 11.1. The van der Waals surface area contributed by atoms with E-state index in [4.69, 9.17) is 14.6 Å². The molecule has 0 atom stereocenters. The molecule has 1 aliphatic carbocycles. The molecule has 92 valence electrons. The summed E-state index contributed by atoms with van der Waals surface area (Å²) in [6, 6.07) is 4.95. The van der Waals surface area contributed by atoms with E-state index in [1.807, 2.05) is 13.8 Å². The van der Waals surface area contributed by atoms with Gasteiger partial charge in [-0.2, -0.15) is 0 Å². The van der Waals surface area contributed by atoms with Crippen molar-refractivity contribution < 1.29 is 19.4 Å². The number of para-hydroxylation sites is 1. The van der Waals surface area contributed by atoms with Crippen molar-refractivity contribution in [1.82, 2.24) is 0 Å². The van der Waals surface area contributed by atoms with Crippen molar-refractivity contribution in [3.8, 4) is 11.5 Å². The van der Waals surface area contributed by atoms with Crippen LogP contribution in [0, 0.1) is 0 Å². The molecule has 0 saturated heterocycles. The number of carbonyl (C=O) groups is 1. The average molecular weight is 236 g/mol. The highest BCUT2D eigenvalue weighted by atomic mass is 16.5. The van der Waals surface area contributed by atoms with Gasteiger partial charge in [0.2, 0.25) is 0 Å². The van der Waals surface area contributed by atoms with E-state index in [-0.39, 0.29) is 17.8 Å². The van der Waals surface area contributed by atoms with Crippen LogP contribution >= 0.6 is 0 Å². The Bertz CT molecular complexity index is 421. The summed E-state index contributed by atoms with van der Waals surface area (Å²) in [5, 5.41) is 9.12. The zero-order valence-corrected chi connectivity index (χ0v) is 9.97. The fourth-order valence-electron chi connectivity index (χ4n) is 1.50. The minimum atomic E-state index is -0.998. The molecule has 1 saturated carbocycles. The molecule has 4 nitrogen and oxygen atoms in total. The fourth-order valence-corrected chi connectivity index (χ4v) is 1.50. The van der Waals surface area contributed by atoms with Crippen molar-refractivity contribution in [2.24, 2.45) is 0 Å². The van der Waals surface area contributed by atoms with Crippen molar-refractivity contribution in [2.45, 2.75) is 38.9 Å². The van der Waals surface area contributed by atoms with E-state index in [0.717, 1.165) is 12.8 Å². The highest BCUT2D eigenvalue weighted by molar-refractivity contribution is 5.92. The summed E-state index contributed by atoms with van der Waals surface area (Å²) in [5.74, 6) is -0.134. The summed E-state index contributed by atoms with van der Waals surface area (Å²) < 4.78 is 11.2. The highest BCUT2D eigenvalue weighted by Crippen LogP contribution is 2.36. The van der Waals surface area contributed by atoms with E-state index in [0.29, 0.717) is 11.5 Å². The summed E-state index contributed by atoms with van der Waals surface area (Å²) in [6.45, 7) is 3.72. The molecule has 0 bridgehead atoms. The van der Waals surface area contributed by atoms with Crippen LogP contribution in [-0.2, 0) is 0 Å². The van der Waals surface area contributed by atoms with Crippen LogP contribution in [0.4, 0.5) is 0 Å². The Kier molecular flexibility index (Phi) is 3.22. The first-order valence-corrected chi connectivity index (χ1v) is 5.77. The smallest absolute Gasteiger partial charge is 0.339 e. The molecular formula is C13H16O4. The van der Waals surface area contributed by atoms with Gasteiger partial charge in [0, 0.05) is 0 Å². The predicted molar refractivity (Wildman–Crippen MR) is 62.8 cm³/mol. The van der Waals surface area contributed by atoms with Gasteiger partial charge in [-0.1, -0.05) is 6.07 Å². The van der Waals surface area contributed by atoms with Gasteiger partial charge in [-0.15, -0.1) is 0 Å². The second-order valence-corrected chi connectivity index (χ2v) is 4.42. The second-order valence-electron chi connectivity index (χ2n) is 4.42. The molecule has 0 aromatic heterocycles. The number of hydrogen-bond acceptors (Lipinski definition) is 3. The molecule has 0 unspecified atom stereocenters. The third-order valence-corrected chi connectivity index (χ3v) is 2.38. The van der Waals surface area contributed by atoms with E-state index in [1.165, 1.54) is 6.07 Å². The third-order valence-electron chi connectivity index (χ3n) is 2.38. The van der Waals surface area contributed by atoms with Gasteiger partial charge in [-0.25, -0.2) is 4.79 Å². The van der Waals surface area contributed by atoms with Crippen molar-refractivity contribution in [3.63, 3.8) is 0 Å². The number of ether oxygens (including phenoxy) is 2. The first-order chi connectivity index (χ1) is 8.08. The number of carboxylic acid groups (broad SMARTS) is 1. The fraction of sp³-hybridized carbons (Fsp3) is 0.462. The monoisotopic (exact) mass is 236 g/mol. The van der Waals surface area contributed by atoms with Crippen LogP contribution in [0.5, 0.6) is 11.5 Å². The Morgan fingerprint density at radius 2 is 2.12 bits per heavy atom. The molecule has 1 aromatic carbocycles. The summed E-state index contributed by atoms with van der Waals surface area (Å²) in [6.07, 6.45) is 2.18. The largest absolute Gasteiger partial charge is 0.487 e. The van der Waals surface area contributed by atoms with Crippen molar-refractivity contribution in [2.75, 3.05) is 0 Å². The number of benzene rings is 1. The second kappa shape index (κ2) is 4.65. The lowest BCUT2D eigenvalue weighted by Crippen LogP contribution is -2.12. The summed E-state index contributed by atoms with van der Waals surface area (Å²) in [7, 11) is 0. The molecule has 1 N–H and O–H groups in total. The molecule has 1 aromatic rings. The molecule has 0 radical (unpaired) electrons. The maximum Gasteiger partial charge on any atom is 0.339 e. The first-order valence-electron chi connectivity index (χ1n) is 5.77. The van der Waals surface area contributed by atoms with Crippen LogP contribution in [0.1, 0.15) is 37.0 Å². The van der Waals surface area contributed by atoms with Crippen LogP contribution in [-0.4, -0.2) is 23.3 Å². The molecule has 1 aliphatic rings. The van der Waals surface area contributed by atoms with Crippen LogP contribution in [0.2, 0.25) is 0 Å². The zero-order chi connectivity index (χ0) is 12.4. The van der Waals surface area contributed by atoms with Gasteiger partial charge in [-0.05, 0) is 38.8 Å². The Hall–Kier alpha value is -1.71. The van der Waals surface area contributed by atoms with Gasteiger partial charge in [0.1, 0.15) is 5.56 Å². The lowest BCUT2D eigenvalue weighted by Gasteiger charge is -2.16. The van der Waals surface area contributed by atoms with E-state index in [2.05, 4.69) is 0 Å². The molecule has 1 fully saturated rings. The molecule has 2 rings (SSSR count). The standard InChI is InChI=1S/C13H16O4/c1-8(2)16-12-10(13(14)15)4-3-5-11(12)17-9-6-7-9/h3-5,8-9H,6-7H2,1-2H3,(H,14,15). The highest BCUT2D eigenvalue weighted by Gasteiger charge is 2.26. The van der Waals surface area contributed by atoms with Crippen molar-refractivity contribution in [1.29, 1.82) is 0 Å². The third kappa shape index (κ3) is 2.90. The van der Waals surface area contributed by atoms with E-state index in [1.54, 1.807) is 12.1 Å². The quantitative estimate of drug-likeness (QED) is 0.854. The number of rotatable bonds is 5. The summed E-state index contributed by atoms with van der Waals surface area (Å²) in [5.41, 5.74) is 0.150. The molecular weight excluding hydrogens is 220 g/mol. The molecule has 0 spiro atoms. The number of carboxylic acids is 1. The zero-order valence-electron chi connectivity index (χ0n) is 9.97. The molecule has 17 heavy (non-hydrogen) atoms. The summed E-state index contributed by atoms with van der Waals surface area (Å²) >= 11 is 0. The number of aromatic carboxylic acids is 1. The molecule has 4 heteroatoms. The summed E-state index contributed by atoms with van der Waals surface area (Å²) in [4.78, 5) is 11.1. The van der Waals surface area contributed by atoms with Gasteiger partial charge in [0.15, 0.2) is 11.5 Å². The molecule has 0 aliphatic heterocycles. The Morgan fingerprint density at radius 1 is 1.41 bits per heavy atom. The van der Waals surface area contributed by atoms with Crippen LogP contribution in [0.15, 0.2) is 18.2 Å². The number of hydrogen-bond donors (Lipinski definition) is 1. The van der Waals surface area contributed by atoms with Crippen LogP contribution in [0.25, 0.3) is 0 Å². The minimum Gasteiger partial charge on any atom is -0.487 e. The van der Waals surface area contributed by atoms with Crippen molar-refractivity contribution in [3.05, 3.63) is 23.8 Å². The topological polar surface area (TPSA) is 55.8 Å². The normalized spacial score (nSPS) is 14.8. The molecule has 0 heterocycles. The van der Waals surface area contributed by atoms with Crippen molar-refractivity contribution >= 4 is 5.97 Å². The lowest BCUT2D eigenvalue weighted by atomic mass is 10.2. The molecule has 0 amide bonds. The Balaban J connectivity index is 2.34. The Morgan fingerprint density at radius 3 is 2.65 bits per heavy atom. The van der Waals surface area contributed by atoms with E-state index >= 15 is 0 Å². The Labute approximate surface area is 100 Å². The van der Waals surface area contributed by atoms with Gasteiger partial charge >= 0.3 is 5.97 Å². The first kappa shape index (κ1) is 11.8. The van der Waals surface area contributed by atoms with E-state index < -0.39 is 5.97 Å². The van der Waals surface area contributed by atoms with Gasteiger partial charge in [0.25, 0.3) is 0 Å². The average Bonchev–Trinajstić information content (AvgIpc) is 3.03. The van der Waals surface area contributed by atoms with E-state index in [9.17, 15) is 4.79 Å². The maximum absolute atomic E-state index is 11.1. The van der Waals surface area contributed by atoms with Gasteiger partial charge in [-0.3, -0.25) is 0 Å². The lowest BCUT2D eigenvalue weighted by molar-refractivity contribution is 0.0689. The van der Waals surface area contributed by atoms with Gasteiger partial charge < -0.3 is 14.6 Å². The van der Waals surface area contributed by atoms with Gasteiger partial charge in [0.05, 0.1) is 12.2 Å². The predicted octanol–water partition coefficient (Wildman–Crippen LogP) is 2.71. The van der Waals surface area contributed by atoms with Crippen LogP contribution in [0.3, 0.4) is 0 Å². The minimum absolute atomic E-state index is 0.0861. The van der Waals surface area contributed by atoms with Crippen LogP contribution < -0.4 is 9.47 Å².